The maximum absolute atomic E-state index is 12.1. The molecule has 2 rings (SSSR count). The molecule has 0 aromatic heterocycles. The summed E-state index contributed by atoms with van der Waals surface area (Å²) in [6.45, 7) is 0.466. The lowest BCUT2D eigenvalue weighted by Gasteiger charge is -2.23. The molecule has 2 N–H and O–H groups in total. The Labute approximate surface area is 118 Å². The third-order valence-corrected chi connectivity index (χ3v) is 3.02. The highest BCUT2D eigenvalue weighted by Gasteiger charge is 2.15. The van der Waals surface area contributed by atoms with E-state index >= 15 is 0 Å². The summed E-state index contributed by atoms with van der Waals surface area (Å²) in [6, 6.07) is 17.2. The van der Waals surface area contributed by atoms with Crippen LogP contribution in [-0.2, 0) is 11.3 Å². The molecular formula is C16H18N2O2. The molecule has 0 aliphatic carbocycles. The molecule has 0 saturated heterocycles. The molecule has 0 atom stereocenters. The standard InChI is InChI=1S/C16H18N2O2/c1-20-15-9-5-8-14(10-15)18(16(19)11-17)12-13-6-3-2-4-7-13/h2-10H,11-12,17H2,1H3. The second kappa shape index (κ2) is 6.73. The van der Waals surface area contributed by atoms with Crippen LogP contribution in [0, 0.1) is 0 Å². The number of carbonyl (C=O) groups is 1. The van der Waals surface area contributed by atoms with Crippen molar-refractivity contribution in [3.8, 4) is 5.75 Å². The number of rotatable bonds is 5. The molecule has 4 nitrogen and oxygen atoms in total. The zero-order valence-corrected chi connectivity index (χ0v) is 11.5. The fourth-order valence-corrected chi connectivity index (χ4v) is 1.98. The highest BCUT2D eigenvalue weighted by atomic mass is 16.5. The Morgan fingerprint density at radius 2 is 1.90 bits per heavy atom. The molecule has 20 heavy (non-hydrogen) atoms. The number of methoxy groups -OCH3 is 1. The third kappa shape index (κ3) is 3.36. The largest absolute Gasteiger partial charge is 0.497 e. The second-order valence-corrected chi connectivity index (χ2v) is 4.37. The molecule has 0 radical (unpaired) electrons. The number of nitrogens with zero attached hydrogens (tertiary/aromatic N) is 1. The third-order valence-electron chi connectivity index (χ3n) is 3.02. The molecule has 0 saturated carbocycles. The van der Waals surface area contributed by atoms with Crippen LogP contribution in [0.15, 0.2) is 54.6 Å². The number of ether oxygens (including phenoxy) is 1. The molecule has 0 spiro atoms. The SMILES string of the molecule is COc1cccc(N(Cc2ccccc2)C(=O)CN)c1. The van der Waals surface area contributed by atoms with Crippen molar-refractivity contribution in [2.75, 3.05) is 18.6 Å². The van der Waals surface area contributed by atoms with Gasteiger partial charge in [0, 0.05) is 11.8 Å². The van der Waals surface area contributed by atoms with Gasteiger partial charge >= 0.3 is 0 Å². The number of anilines is 1. The van der Waals surface area contributed by atoms with E-state index in [0.29, 0.717) is 12.3 Å². The van der Waals surface area contributed by atoms with Gasteiger partial charge in [0.15, 0.2) is 0 Å². The molecule has 104 valence electrons. The topological polar surface area (TPSA) is 55.6 Å². The summed E-state index contributed by atoms with van der Waals surface area (Å²) in [5, 5.41) is 0. The first-order chi connectivity index (χ1) is 9.74. The predicted octanol–water partition coefficient (Wildman–Crippen LogP) is 2.19. The van der Waals surface area contributed by atoms with E-state index in [1.165, 1.54) is 0 Å². The molecule has 0 aliphatic rings. The van der Waals surface area contributed by atoms with Gasteiger partial charge in [-0.05, 0) is 17.7 Å². The number of hydrogen-bond acceptors (Lipinski definition) is 3. The highest BCUT2D eigenvalue weighted by Crippen LogP contribution is 2.22. The number of carbonyl (C=O) groups excluding carboxylic acids is 1. The number of hydrogen-bond donors (Lipinski definition) is 1. The number of nitrogens with two attached hydrogens (primary N) is 1. The monoisotopic (exact) mass is 270 g/mol. The van der Waals surface area contributed by atoms with E-state index in [1.807, 2.05) is 54.6 Å². The Morgan fingerprint density at radius 1 is 1.15 bits per heavy atom. The van der Waals surface area contributed by atoms with Crippen molar-refractivity contribution in [3.63, 3.8) is 0 Å². The normalized spacial score (nSPS) is 10.1. The van der Waals surface area contributed by atoms with Crippen LogP contribution in [-0.4, -0.2) is 19.6 Å². The zero-order chi connectivity index (χ0) is 14.4. The van der Waals surface area contributed by atoms with E-state index in [1.54, 1.807) is 12.0 Å². The molecule has 4 heteroatoms. The van der Waals surface area contributed by atoms with Crippen molar-refractivity contribution >= 4 is 11.6 Å². The molecule has 2 aromatic rings. The van der Waals surface area contributed by atoms with Crippen LogP contribution in [0.5, 0.6) is 5.75 Å². The Morgan fingerprint density at radius 3 is 2.55 bits per heavy atom. The first kappa shape index (κ1) is 14.1. The molecule has 0 fully saturated rings. The van der Waals surface area contributed by atoms with Crippen molar-refractivity contribution in [2.24, 2.45) is 5.73 Å². The van der Waals surface area contributed by atoms with Crippen LogP contribution in [0.4, 0.5) is 5.69 Å². The van der Waals surface area contributed by atoms with E-state index < -0.39 is 0 Å². The predicted molar refractivity (Wildman–Crippen MR) is 79.7 cm³/mol. The quantitative estimate of drug-likeness (QED) is 0.906. The minimum atomic E-state index is -0.123. The van der Waals surface area contributed by atoms with Gasteiger partial charge in [-0.1, -0.05) is 36.4 Å². The van der Waals surface area contributed by atoms with Crippen molar-refractivity contribution in [2.45, 2.75) is 6.54 Å². The molecular weight excluding hydrogens is 252 g/mol. The van der Waals surface area contributed by atoms with Gasteiger partial charge in [-0.2, -0.15) is 0 Å². The molecule has 0 bridgehead atoms. The zero-order valence-electron chi connectivity index (χ0n) is 11.5. The van der Waals surface area contributed by atoms with Crippen LogP contribution < -0.4 is 15.4 Å². The van der Waals surface area contributed by atoms with Gasteiger partial charge in [-0.25, -0.2) is 0 Å². The lowest BCUT2D eigenvalue weighted by molar-refractivity contribution is -0.117. The average Bonchev–Trinajstić information content (AvgIpc) is 2.53. The van der Waals surface area contributed by atoms with Gasteiger partial charge in [0.05, 0.1) is 20.2 Å². The van der Waals surface area contributed by atoms with E-state index in [-0.39, 0.29) is 12.5 Å². The van der Waals surface area contributed by atoms with E-state index in [9.17, 15) is 4.79 Å². The summed E-state index contributed by atoms with van der Waals surface area (Å²) in [5.74, 6) is 0.590. The molecule has 2 aromatic carbocycles. The van der Waals surface area contributed by atoms with Gasteiger partial charge in [0.1, 0.15) is 5.75 Å². The smallest absolute Gasteiger partial charge is 0.241 e. The fourth-order valence-electron chi connectivity index (χ4n) is 1.98. The maximum Gasteiger partial charge on any atom is 0.241 e. The molecule has 1 amide bonds. The van der Waals surface area contributed by atoms with Crippen LogP contribution >= 0.6 is 0 Å². The summed E-state index contributed by atoms with van der Waals surface area (Å²) in [5.41, 5.74) is 7.35. The molecule has 0 unspecified atom stereocenters. The number of amides is 1. The minimum absolute atomic E-state index is 0.0238. The summed E-state index contributed by atoms with van der Waals surface area (Å²) in [6.07, 6.45) is 0. The highest BCUT2D eigenvalue weighted by molar-refractivity contribution is 5.94. The van der Waals surface area contributed by atoms with Crippen LogP contribution in [0.1, 0.15) is 5.56 Å². The van der Waals surface area contributed by atoms with Crippen molar-refractivity contribution < 1.29 is 9.53 Å². The van der Waals surface area contributed by atoms with Gasteiger partial charge in [0.2, 0.25) is 5.91 Å². The fraction of sp³-hybridized carbons (Fsp3) is 0.188. The van der Waals surface area contributed by atoms with Crippen LogP contribution in [0.25, 0.3) is 0 Å². The summed E-state index contributed by atoms with van der Waals surface area (Å²) < 4.78 is 5.20. The lowest BCUT2D eigenvalue weighted by atomic mass is 10.2. The van der Waals surface area contributed by atoms with Crippen LogP contribution in [0.3, 0.4) is 0 Å². The number of benzene rings is 2. The van der Waals surface area contributed by atoms with Gasteiger partial charge in [-0.15, -0.1) is 0 Å². The summed E-state index contributed by atoms with van der Waals surface area (Å²) in [7, 11) is 1.60. The Hall–Kier alpha value is -2.33. The van der Waals surface area contributed by atoms with Crippen LogP contribution in [0.2, 0.25) is 0 Å². The lowest BCUT2D eigenvalue weighted by Crippen LogP contribution is -2.35. The molecule has 0 heterocycles. The van der Waals surface area contributed by atoms with Crippen molar-refractivity contribution in [1.82, 2.24) is 0 Å². The minimum Gasteiger partial charge on any atom is -0.497 e. The van der Waals surface area contributed by atoms with E-state index in [0.717, 1.165) is 11.3 Å². The van der Waals surface area contributed by atoms with Crippen molar-refractivity contribution in [1.29, 1.82) is 0 Å². The van der Waals surface area contributed by atoms with Crippen molar-refractivity contribution in [3.05, 3.63) is 60.2 Å². The Bertz CT molecular complexity index is 570. The first-order valence-corrected chi connectivity index (χ1v) is 6.43. The average molecular weight is 270 g/mol. The maximum atomic E-state index is 12.1. The van der Waals surface area contributed by atoms with E-state index in [2.05, 4.69) is 0 Å². The summed E-state index contributed by atoms with van der Waals surface area (Å²) >= 11 is 0. The van der Waals surface area contributed by atoms with Gasteiger partial charge in [-0.3, -0.25) is 4.79 Å². The Balaban J connectivity index is 2.29. The second-order valence-electron chi connectivity index (χ2n) is 4.37. The van der Waals surface area contributed by atoms with E-state index in [4.69, 9.17) is 10.5 Å². The van der Waals surface area contributed by atoms with Gasteiger partial charge in [0.25, 0.3) is 0 Å². The van der Waals surface area contributed by atoms with Gasteiger partial charge < -0.3 is 15.4 Å². The molecule has 0 aliphatic heterocycles. The summed E-state index contributed by atoms with van der Waals surface area (Å²) in [4.78, 5) is 13.7. The Kier molecular flexibility index (Phi) is 4.74. The first-order valence-electron chi connectivity index (χ1n) is 6.43.